The Labute approximate surface area is 124 Å². The lowest BCUT2D eigenvalue weighted by Crippen LogP contribution is -2.29. The molecule has 0 saturated heterocycles. The first-order valence-electron chi connectivity index (χ1n) is 6.82. The molecule has 1 rings (SSSR count). The van der Waals surface area contributed by atoms with Gasteiger partial charge in [0, 0.05) is 18.7 Å². The van der Waals surface area contributed by atoms with Crippen LogP contribution >= 0.6 is 0 Å². The fourth-order valence-electron chi connectivity index (χ4n) is 1.58. The molecule has 0 atom stereocenters. The first-order chi connectivity index (χ1) is 9.76. The molecule has 0 aliphatic rings. The first-order valence-corrected chi connectivity index (χ1v) is 6.82. The summed E-state index contributed by atoms with van der Waals surface area (Å²) in [6.45, 7) is 6.21. The van der Waals surface area contributed by atoms with Crippen molar-refractivity contribution in [2.24, 2.45) is 0 Å². The number of hydrogen-bond acceptors (Lipinski definition) is 3. The second-order valence-electron chi connectivity index (χ2n) is 5.62. The zero-order valence-corrected chi connectivity index (χ0v) is 12.6. The number of nitrogens with one attached hydrogen (secondary N) is 2. The third-order valence-corrected chi connectivity index (χ3v) is 2.39. The number of hydrogen-bond donors (Lipinski definition) is 3. The van der Waals surface area contributed by atoms with Crippen LogP contribution in [0.15, 0.2) is 24.3 Å². The maximum Gasteiger partial charge on any atom is 0.319 e. The summed E-state index contributed by atoms with van der Waals surface area (Å²) < 4.78 is 5.68. The zero-order valence-electron chi connectivity index (χ0n) is 12.6. The van der Waals surface area contributed by atoms with E-state index in [1.807, 2.05) is 20.8 Å². The van der Waals surface area contributed by atoms with Crippen LogP contribution in [0.5, 0.6) is 5.75 Å². The molecule has 0 heterocycles. The Hall–Kier alpha value is -2.24. The lowest BCUT2D eigenvalue weighted by atomic mass is 10.2. The van der Waals surface area contributed by atoms with Crippen LogP contribution < -0.4 is 15.4 Å². The number of carbonyl (C=O) groups is 2. The van der Waals surface area contributed by atoms with Crippen molar-refractivity contribution in [1.29, 1.82) is 0 Å². The minimum Gasteiger partial charge on any atom is -0.488 e. The van der Waals surface area contributed by atoms with E-state index in [1.54, 1.807) is 24.3 Å². The summed E-state index contributed by atoms with van der Waals surface area (Å²) in [5.41, 5.74) is 0.378. The van der Waals surface area contributed by atoms with Gasteiger partial charge in [0.1, 0.15) is 11.4 Å². The SMILES string of the molecule is CC(C)(C)Oc1ccc(NC(=O)NCCCC(=O)O)cc1. The van der Waals surface area contributed by atoms with E-state index in [4.69, 9.17) is 9.84 Å². The van der Waals surface area contributed by atoms with Crippen molar-refractivity contribution in [2.75, 3.05) is 11.9 Å². The Kier molecular flexibility index (Phi) is 6.02. The van der Waals surface area contributed by atoms with Gasteiger partial charge in [-0.25, -0.2) is 4.79 Å². The van der Waals surface area contributed by atoms with Gasteiger partial charge in [-0.05, 0) is 51.5 Å². The second-order valence-corrected chi connectivity index (χ2v) is 5.62. The number of carboxylic acids is 1. The van der Waals surface area contributed by atoms with Crippen molar-refractivity contribution in [1.82, 2.24) is 5.32 Å². The van der Waals surface area contributed by atoms with Crippen LogP contribution in [-0.4, -0.2) is 29.3 Å². The van der Waals surface area contributed by atoms with Crippen LogP contribution in [0.4, 0.5) is 10.5 Å². The molecule has 6 heteroatoms. The monoisotopic (exact) mass is 294 g/mol. The van der Waals surface area contributed by atoms with Crippen molar-refractivity contribution in [3.05, 3.63) is 24.3 Å². The van der Waals surface area contributed by atoms with Crippen LogP contribution in [0, 0.1) is 0 Å². The number of carbonyl (C=O) groups excluding carboxylic acids is 1. The molecule has 0 aromatic heterocycles. The summed E-state index contributed by atoms with van der Waals surface area (Å²) >= 11 is 0. The van der Waals surface area contributed by atoms with E-state index in [0.29, 0.717) is 18.7 Å². The number of aliphatic carboxylic acids is 1. The molecule has 0 bridgehead atoms. The number of urea groups is 1. The average Bonchev–Trinajstić information content (AvgIpc) is 2.35. The van der Waals surface area contributed by atoms with Gasteiger partial charge in [0.15, 0.2) is 0 Å². The molecule has 0 radical (unpaired) electrons. The highest BCUT2D eigenvalue weighted by Crippen LogP contribution is 2.20. The van der Waals surface area contributed by atoms with E-state index in [9.17, 15) is 9.59 Å². The maximum atomic E-state index is 11.6. The van der Waals surface area contributed by atoms with Gasteiger partial charge in [-0.1, -0.05) is 0 Å². The van der Waals surface area contributed by atoms with Gasteiger partial charge in [-0.2, -0.15) is 0 Å². The summed E-state index contributed by atoms with van der Waals surface area (Å²) in [5.74, 6) is -0.137. The maximum absolute atomic E-state index is 11.6. The first kappa shape index (κ1) is 16.8. The van der Waals surface area contributed by atoms with Gasteiger partial charge in [0.2, 0.25) is 0 Å². The Bertz CT molecular complexity index is 477. The van der Waals surface area contributed by atoms with E-state index in [0.717, 1.165) is 5.75 Å². The molecule has 1 aromatic carbocycles. The highest BCUT2D eigenvalue weighted by atomic mass is 16.5. The van der Waals surface area contributed by atoms with Crippen molar-refractivity contribution in [3.63, 3.8) is 0 Å². The summed E-state index contributed by atoms with van der Waals surface area (Å²) in [6.07, 6.45) is 0.445. The fourth-order valence-corrected chi connectivity index (χ4v) is 1.58. The van der Waals surface area contributed by atoms with E-state index in [-0.39, 0.29) is 18.1 Å². The summed E-state index contributed by atoms with van der Waals surface area (Å²) in [5, 5.41) is 13.7. The summed E-state index contributed by atoms with van der Waals surface area (Å²) in [4.78, 5) is 21.9. The molecule has 3 N–H and O–H groups in total. The van der Waals surface area contributed by atoms with Gasteiger partial charge >= 0.3 is 12.0 Å². The Morgan fingerprint density at radius 2 is 1.81 bits per heavy atom. The van der Waals surface area contributed by atoms with E-state index >= 15 is 0 Å². The quantitative estimate of drug-likeness (QED) is 0.704. The van der Waals surface area contributed by atoms with Crippen LogP contribution in [-0.2, 0) is 4.79 Å². The van der Waals surface area contributed by atoms with Gasteiger partial charge in [0.25, 0.3) is 0 Å². The lowest BCUT2D eigenvalue weighted by molar-refractivity contribution is -0.137. The van der Waals surface area contributed by atoms with E-state index < -0.39 is 5.97 Å². The molecular weight excluding hydrogens is 272 g/mol. The smallest absolute Gasteiger partial charge is 0.319 e. The third-order valence-electron chi connectivity index (χ3n) is 2.39. The molecule has 0 aliphatic carbocycles. The van der Waals surface area contributed by atoms with Crippen molar-refractivity contribution in [2.45, 2.75) is 39.2 Å². The summed E-state index contributed by atoms with van der Waals surface area (Å²) in [6, 6.07) is 6.71. The van der Waals surface area contributed by atoms with Crippen LogP contribution in [0.25, 0.3) is 0 Å². The topological polar surface area (TPSA) is 87.7 Å². The van der Waals surface area contributed by atoms with Crippen LogP contribution in [0.1, 0.15) is 33.6 Å². The van der Waals surface area contributed by atoms with Crippen LogP contribution in [0.2, 0.25) is 0 Å². The predicted octanol–water partition coefficient (Wildman–Crippen LogP) is 2.85. The van der Waals surface area contributed by atoms with Crippen LogP contribution in [0.3, 0.4) is 0 Å². The molecule has 1 aromatic rings. The molecule has 6 nitrogen and oxygen atoms in total. The normalized spacial score (nSPS) is 10.8. The highest BCUT2D eigenvalue weighted by Gasteiger charge is 2.11. The molecule has 116 valence electrons. The molecule has 21 heavy (non-hydrogen) atoms. The molecule has 0 spiro atoms. The molecular formula is C15H22N2O4. The van der Waals surface area contributed by atoms with Crippen molar-refractivity contribution < 1.29 is 19.4 Å². The number of anilines is 1. The molecule has 0 unspecified atom stereocenters. The average molecular weight is 294 g/mol. The van der Waals surface area contributed by atoms with Gasteiger partial charge < -0.3 is 20.5 Å². The number of rotatable bonds is 6. The van der Waals surface area contributed by atoms with E-state index in [2.05, 4.69) is 10.6 Å². The highest BCUT2D eigenvalue weighted by molar-refractivity contribution is 5.89. The Balaban J connectivity index is 2.37. The zero-order chi connectivity index (χ0) is 15.9. The Morgan fingerprint density at radius 3 is 2.33 bits per heavy atom. The molecule has 0 fully saturated rings. The molecule has 2 amide bonds. The van der Waals surface area contributed by atoms with Crippen molar-refractivity contribution >= 4 is 17.7 Å². The third kappa shape index (κ3) is 7.81. The molecule has 0 saturated carbocycles. The minimum absolute atomic E-state index is 0.0408. The largest absolute Gasteiger partial charge is 0.488 e. The predicted molar refractivity (Wildman–Crippen MR) is 80.7 cm³/mol. The number of ether oxygens (including phenoxy) is 1. The number of carboxylic acid groups (broad SMARTS) is 1. The fraction of sp³-hybridized carbons (Fsp3) is 0.467. The Morgan fingerprint density at radius 1 is 1.19 bits per heavy atom. The van der Waals surface area contributed by atoms with Gasteiger partial charge in [-0.3, -0.25) is 4.79 Å². The van der Waals surface area contributed by atoms with Gasteiger partial charge in [-0.15, -0.1) is 0 Å². The minimum atomic E-state index is -0.869. The standard InChI is InChI=1S/C15H22N2O4/c1-15(2,3)21-12-8-6-11(7-9-12)17-14(20)16-10-4-5-13(18)19/h6-9H,4-5,10H2,1-3H3,(H,18,19)(H2,16,17,20). The molecule has 0 aliphatic heterocycles. The lowest BCUT2D eigenvalue weighted by Gasteiger charge is -2.21. The number of amides is 2. The summed E-state index contributed by atoms with van der Waals surface area (Å²) in [7, 11) is 0. The number of benzene rings is 1. The van der Waals surface area contributed by atoms with Crippen molar-refractivity contribution in [3.8, 4) is 5.75 Å². The van der Waals surface area contributed by atoms with Gasteiger partial charge in [0.05, 0.1) is 0 Å². The second kappa shape index (κ2) is 7.52. The van der Waals surface area contributed by atoms with E-state index in [1.165, 1.54) is 0 Å².